The van der Waals surface area contributed by atoms with Crippen molar-refractivity contribution in [3.05, 3.63) is 241 Å². The molecule has 14 rings (SSSR count). The summed E-state index contributed by atoms with van der Waals surface area (Å²) in [4.78, 5) is 10.7. The second kappa shape index (κ2) is 14.8. The Kier molecular flexibility index (Phi) is 8.31. The summed E-state index contributed by atoms with van der Waals surface area (Å²) in [5, 5.41) is 20.5. The zero-order chi connectivity index (χ0) is 44.0. The van der Waals surface area contributed by atoms with E-state index < -0.39 is 6.17 Å². The summed E-state index contributed by atoms with van der Waals surface area (Å²) < 4.78 is 6.75. The van der Waals surface area contributed by atoms with Crippen molar-refractivity contribution < 1.29 is 4.42 Å². The van der Waals surface area contributed by atoms with Crippen LogP contribution in [0.4, 0.5) is 0 Å². The van der Waals surface area contributed by atoms with E-state index in [0.29, 0.717) is 5.84 Å². The Morgan fingerprint density at radius 3 is 1.79 bits per heavy atom. The van der Waals surface area contributed by atoms with Gasteiger partial charge in [-0.05, 0) is 123 Å². The molecule has 0 saturated heterocycles. The second-order valence-electron chi connectivity index (χ2n) is 17.7. The van der Waals surface area contributed by atoms with Gasteiger partial charge < -0.3 is 9.73 Å². The zero-order valence-electron chi connectivity index (χ0n) is 36.2. The lowest BCUT2D eigenvalue weighted by Crippen LogP contribution is -2.33. The fourth-order valence-electron chi connectivity index (χ4n) is 10.7. The maximum absolute atomic E-state index is 6.75. The Hall–Kier alpha value is -8.86. The summed E-state index contributed by atoms with van der Waals surface area (Å²) in [7, 11) is 0. The molecule has 12 aromatic carbocycles. The second-order valence-corrected chi connectivity index (χ2v) is 17.7. The smallest absolute Gasteiger partial charge is 0.159 e. The van der Waals surface area contributed by atoms with Gasteiger partial charge in [0.15, 0.2) is 5.84 Å². The van der Waals surface area contributed by atoms with Gasteiger partial charge in [-0.15, -0.1) is 0 Å². The van der Waals surface area contributed by atoms with E-state index in [1.54, 1.807) is 0 Å². The maximum Gasteiger partial charge on any atom is 0.159 e. The van der Waals surface area contributed by atoms with Gasteiger partial charge in [0, 0.05) is 27.5 Å². The molecule has 1 aliphatic rings. The highest BCUT2D eigenvalue weighted by Gasteiger charge is 2.25. The third-order valence-electron chi connectivity index (χ3n) is 13.9. The SMILES string of the molecule is c1ccc2cc(C3=NC(c4ccc(-c5cccc6oc7cc(-c8cc9ccccc9c9ccccc89)ccc7c56)c5ccccc45)NC(c4ccc5c(ccc6ccccc65)c4)=N3)ccc2c1. The predicted octanol–water partition coefficient (Wildman–Crippen LogP) is 16.3. The molecule has 312 valence electrons. The average Bonchev–Trinajstić information content (AvgIpc) is 3.78. The molecular weight excluding hydrogens is 815 g/mol. The van der Waals surface area contributed by atoms with E-state index in [-0.39, 0.29) is 0 Å². The third-order valence-corrected chi connectivity index (χ3v) is 13.9. The number of aliphatic imine (C=N–C) groups is 2. The number of furan rings is 1. The fourth-order valence-corrected chi connectivity index (χ4v) is 10.7. The lowest BCUT2D eigenvalue weighted by Gasteiger charge is -2.25. The van der Waals surface area contributed by atoms with Gasteiger partial charge in [-0.25, -0.2) is 9.98 Å². The van der Waals surface area contributed by atoms with E-state index in [1.807, 2.05) is 0 Å². The zero-order valence-corrected chi connectivity index (χ0v) is 36.2. The van der Waals surface area contributed by atoms with Crippen LogP contribution in [0.25, 0.3) is 109 Å². The topological polar surface area (TPSA) is 49.9 Å². The van der Waals surface area contributed by atoms with Crippen molar-refractivity contribution in [1.82, 2.24) is 5.32 Å². The highest BCUT2D eigenvalue weighted by atomic mass is 16.3. The van der Waals surface area contributed by atoms with E-state index in [2.05, 4.69) is 230 Å². The van der Waals surface area contributed by atoms with Crippen molar-refractivity contribution in [3.8, 4) is 22.3 Å². The number of nitrogens with zero attached hydrogens (tertiary/aromatic N) is 2. The highest BCUT2D eigenvalue weighted by molar-refractivity contribution is 6.19. The largest absolute Gasteiger partial charge is 0.456 e. The van der Waals surface area contributed by atoms with Crippen LogP contribution in [0.15, 0.2) is 239 Å². The van der Waals surface area contributed by atoms with Crippen LogP contribution in [0, 0.1) is 0 Å². The molecule has 4 heteroatoms. The van der Waals surface area contributed by atoms with Crippen LogP contribution < -0.4 is 5.32 Å². The molecule has 1 atom stereocenters. The van der Waals surface area contributed by atoms with Crippen molar-refractivity contribution in [1.29, 1.82) is 0 Å². The van der Waals surface area contributed by atoms with Crippen molar-refractivity contribution in [2.24, 2.45) is 9.98 Å². The van der Waals surface area contributed by atoms with Gasteiger partial charge >= 0.3 is 0 Å². The first-order chi connectivity index (χ1) is 33.2. The van der Waals surface area contributed by atoms with Crippen LogP contribution in [0.5, 0.6) is 0 Å². The summed E-state index contributed by atoms with van der Waals surface area (Å²) in [6.45, 7) is 0. The minimum atomic E-state index is -0.407. The van der Waals surface area contributed by atoms with Crippen LogP contribution in [0.1, 0.15) is 22.9 Å². The number of rotatable bonds is 5. The predicted molar refractivity (Wildman–Crippen MR) is 281 cm³/mol. The van der Waals surface area contributed by atoms with E-state index in [1.165, 1.54) is 54.0 Å². The highest BCUT2D eigenvalue weighted by Crippen LogP contribution is 2.43. The van der Waals surface area contributed by atoms with E-state index in [0.717, 1.165) is 77.3 Å². The van der Waals surface area contributed by atoms with Gasteiger partial charge in [-0.1, -0.05) is 188 Å². The normalized spacial score (nSPS) is 14.1. The molecule has 1 unspecified atom stereocenters. The molecule has 0 spiro atoms. The van der Waals surface area contributed by atoms with Gasteiger partial charge in [0.2, 0.25) is 0 Å². The molecular formula is C63H39N3O. The van der Waals surface area contributed by atoms with Gasteiger partial charge in [0.05, 0.1) is 0 Å². The van der Waals surface area contributed by atoms with Crippen LogP contribution in [0.2, 0.25) is 0 Å². The van der Waals surface area contributed by atoms with Crippen molar-refractivity contribution in [2.45, 2.75) is 6.17 Å². The Balaban J connectivity index is 0.898. The number of nitrogens with one attached hydrogen (secondary N) is 1. The van der Waals surface area contributed by atoms with Crippen molar-refractivity contribution in [3.63, 3.8) is 0 Å². The minimum absolute atomic E-state index is 0.407. The first-order valence-corrected chi connectivity index (χ1v) is 22.9. The molecule has 2 heterocycles. The van der Waals surface area contributed by atoms with Gasteiger partial charge in [-0.2, -0.15) is 0 Å². The quantitative estimate of drug-likeness (QED) is 0.175. The van der Waals surface area contributed by atoms with Crippen molar-refractivity contribution >= 4 is 98.2 Å². The van der Waals surface area contributed by atoms with E-state index >= 15 is 0 Å². The number of hydrogen-bond donors (Lipinski definition) is 1. The molecule has 0 saturated carbocycles. The monoisotopic (exact) mass is 853 g/mol. The average molecular weight is 854 g/mol. The maximum atomic E-state index is 6.75. The van der Waals surface area contributed by atoms with E-state index in [9.17, 15) is 0 Å². The van der Waals surface area contributed by atoms with Crippen LogP contribution >= 0.6 is 0 Å². The Morgan fingerprint density at radius 2 is 0.940 bits per heavy atom. The Bertz CT molecular complexity index is 4270. The fraction of sp³-hybridized carbons (Fsp3) is 0.0159. The third kappa shape index (κ3) is 6.07. The summed E-state index contributed by atoms with van der Waals surface area (Å²) in [5.74, 6) is 1.49. The first kappa shape index (κ1) is 37.5. The minimum Gasteiger partial charge on any atom is -0.456 e. The number of benzene rings is 12. The van der Waals surface area contributed by atoms with Crippen LogP contribution in [-0.2, 0) is 0 Å². The van der Waals surface area contributed by atoms with Crippen molar-refractivity contribution in [2.75, 3.05) is 0 Å². The molecule has 13 aromatic rings. The van der Waals surface area contributed by atoms with Gasteiger partial charge in [0.1, 0.15) is 23.2 Å². The van der Waals surface area contributed by atoms with Gasteiger partial charge in [-0.3, -0.25) is 0 Å². The molecule has 0 bridgehead atoms. The molecule has 4 nitrogen and oxygen atoms in total. The van der Waals surface area contributed by atoms with E-state index in [4.69, 9.17) is 14.4 Å². The number of hydrogen-bond acceptors (Lipinski definition) is 4. The molecule has 1 N–H and O–H groups in total. The Morgan fingerprint density at radius 1 is 0.343 bits per heavy atom. The molecule has 1 aliphatic heterocycles. The summed E-state index contributed by atoms with van der Waals surface area (Å²) in [5.41, 5.74) is 9.40. The summed E-state index contributed by atoms with van der Waals surface area (Å²) >= 11 is 0. The lowest BCUT2D eigenvalue weighted by atomic mass is 9.90. The molecule has 1 aromatic heterocycles. The summed E-state index contributed by atoms with van der Waals surface area (Å²) in [6, 6.07) is 80.6. The van der Waals surface area contributed by atoms with Gasteiger partial charge in [0.25, 0.3) is 0 Å². The molecule has 0 fully saturated rings. The number of amidine groups is 2. The molecule has 0 amide bonds. The molecule has 0 radical (unpaired) electrons. The summed E-state index contributed by atoms with van der Waals surface area (Å²) in [6.07, 6.45) is -0.407. The molecule has 0 aliphatic carbocycles. The lowest BCUT2D eigenvalue weighted by molar-refractivity contribution is 0.669. The number of fused-ring (bicyclic) bond motifs is 11. The van der Waals surface area contributed by atoms with Crippen LogP contribution in [-0.4, -0.2) is 11.7 Å². The Labute approximate surface area is 385 Å². The molecule has 67 heavy (non-hydrogen) atoms. The first-order valence-electron chi connectivity index (χ1n) is 22.9. The standard InChI is InChI=1S/C63H39N3O/c1-2-14-40-34-44(27-24-38(40)12-1)61-64-62(45-29-30-48-42(35-45)26-25-39-13-3-5-16-46(39)48)66-63(65-61)55-33-32-53(50-19-8-9-20-51(50)55)54-22-11-23-58-60(54)56-31-28-43(37-59(56)67-58)57-36-41-15-4-6-17-47(41)49-18-7-10-21-52(49)57/h1-37,63H,(H,64,65,66). The van der Waals surface area contributed by atoms with Crippen LogP contribution in [0.3, 0.4) is 0 Å².